The first-order valence-corrected chi connectivity index (χ1v) is 10.3. The lowest BCUT2D eigenvalue weighted by atomic mass is 10.1. The molecule has 142 valence electrons. The molecule has 6 nitrogen and oxygen atoms in total. The van der Waals surface area contributed by atoms with E-state index in [2.05, 4.69) is 17.0 Å². The third-order valence-electron chi connectivity index (χ3n) is 5.10. The third kappa shape index (κ3) is 3.56. The zero-order valence-electron chi connectivity index (χ0n) is 15.1. The lowest BCUT2D eigenvalue weighted by Gasteiger charge is -2.17. The fourth-order valence-electron chi connectivity index (χ4n) is 3.84. The van der Waals surface area contributed by atoms with Gasteiger partial charge in [0, 0.05) is 0 Å². The van der Waals surface area contributed by atoms with Crippen LogP contribution in [0.15, 0.2) is 41.7 Å². The van der Waals surface area contributed by atoms with Crippen LogP contribution in [0, 0.1) is 0 Å². The van der Waals surface area contributed by atoms with Gasteiger partial charge in [-0.15, -0.1) is 11.8 Å². The molecule has 1 aromatic heterocycles. The van der Waals surface area contributed by atoms with Gasteiger partial charge < -0.3 is 10.1 Å². The molecular weight excluding hydrogens is 362 g/mol. The topological polar surface area (TPSA) is 76.1 Å². The van der Waals surface area contributed by atoms with Gasteiger partial charge >= 0.3 is 0 Å². The van der Waals surface area contributed by atoms with Crippen molar-refractivity contribution in [2.45, 2.75) is 37.0 Å². The molecule has 1 aliphatic heterocycles. The van der Waals surface area contributed by atoms with Gasteiger partial charge in [0.1, 0.15) is 18.2 Å². The van der Waals surface area contributed by atoms with E-state index in [9.17, 15) is 9.59 Å². The van der Waals surface area contributed by atoms with Crippen LogP contribution in [0.25, 0.3) is 0 Å². The quantitative estimate of drug-likeness (QED) is 0.771. The number of nitrogens with one attached hydrogen (secondary N) is 2. The molecule has 0 spiro atoms. The summed E-state index contributed by atoms with van der Waals surface area (Å²) >= 11 is 1.48. The number of ether oxygens (including phenoxy) is 1. The number of carbonyl (C=O) groups excluding carboxylic acids is 1. The van der Waals surface area contributed by atoms with Crippen LogP contribution in [0.2, 0.25) is 0 Å². The highest BCUT2D eigenvalue weighted by Gasteiger charge is 2.32. The highest BCUT2D eigenvalue weighted by molar-refractivity contribution is 8.00. The van der Waals surface area contributed by atoms with Crippen molar-refractivity contribution in [3.63, 3.8) is 0 Å². The fraction of sp³-hybridized carbons (Fsp3) is 0.400. The van der Waals surface area contributed by atoms with Gasteiger partial charge in [0.05, 0.1) is 22.6 Å². The SMILES string of the molecule is C=CCOc1ccc([C@@H]2SCC(=O)Nc3c2c(=O)[nH]n3C2CCCC2)cc1. The Morgan fingerprint density at radius 3 is 2.67 bits per heavy atom. The number of aromatic nitrogens is 2. The molecule has 1 atom stereocenters. The number of hydrogen-bond donors (Lipinski definition) is 2. The normalized spacial score (nSPS) is 20.0. The zero-order chi connectivity index (χ0) is 18.8. The van der Waals surface area contributed by atoms with Crippen molar-refractivity contribution in [1.82, 2.24) is 9.78 Å². The summed E-state index contributed by atoms with van der Waals surface area (Å²) in [4.78, 5) is 25.1. The molecule has 2 heterocycles. The van der Waals surface area contributed by atoms with E-state index in [1.54, 1.807) is 6.08 Å². The smallest absolute Gasteiger partial charge is 0.270 e. The number of thioether (sulfide) groups is 1. The Kier molecular flexibility index (Phi) is 5.11. The number of fused-ring (bicyclic) bond motifs is 1. The standard InChI is InChI=1S/C20H23N3O3S/c1-2-11-26-15-9-7-13(8-10-15)18-17-19(21-16(24)12-27-18)23(22-20(17)25)14-5-3-4-6-14/h2,7-10,14,18H,1,3-6,11-12H2,(H,21,24)(H,22,25)/t18-/m0/s1. The first-order valence-electron chi connectivity index (χ1n) is 9.27. The molecule has 1 saturated carbocycles. The van der Waals surface area contributed by atoms with E-state index >= 15 is 0 Å². The minimum atomic E-state index is -0.196. The summed E-state index contributed by atoms with van der Waals surface area (Å²) in [5, 5.41) is 5.75. The van der Waals surface area contributed by atoms with Gasteiger partial charge in [-0.1, -0.05) is 37.6 Å². The summed E-state index contributed by atoms with van der Waals surface area (Å²) in [6.45, 7) is 4.09. The molecule has 1 aromatic carbocycles. The maximum absolute atomic E-state index is 12.8. The van der Waals surface area contributed by atoms with Gasteiger partial charge in [-0.3, -0.25) is 19.4 Å². The van der Waals surface area contributed by atoms with Gasteiger partial charge in [-0.05, 0) is 30.5 Å². The Morgan fingerprint density at radius 2 is 1.96 bits per heavy atom. The van der Waals surface area contributed by atoms with Gasteiger partial charge in [-0.2, -0.15) is 0 Å². The molecule has 27 heavy (non-hydrogen) atoms. The molecular formula is C20H23N3O3S. The number of H-pyrrole nitrogens is 1. The molecule has 0 bridgehead atoms. The van der Waals surface area contributed by atoms with Crippen LogP contribution in [0.1, 0.15) is 48.1 Å². The van der Waals surface area contributed by atoms with Crippen molar-refractivity contribution in [3.05, 3.63) is 58.4 Å². The predicted molar refractivity (Wildman–Crippen MR) is 108 cm³/mol. The first kappa shape index (κ1) is 18.0. The number of benzene rings is 1. The van der Waals surface area contributed by atoms with E-state index in [4.69, 9.17) is 4.74 Å². The van der Waals surface area contributed by atoms with Crippen molar-refractivity contribution < 1.29 is 9.53 Å². The lowest BCUT2D eigenvalue weighted by Crippen LogP contribution is -2.18. The van der Waals surface area contributed by atoms with Gasteiger partial charge in [0.25, 0.3) is 5.56 Å². The predicted octanol–water partition coefficient (Wildman–Crippen LogP) is 3.63. The Balaban J connectivity index is 1.72. The zero-order valence-corrected chi connectivity index (χ0v) is 15.9. The summed E-state index contributed by atoms with van der Waals surface area (Å²) in [5.41, 5.74) is 1.50. The van der Waals surface area contributed by atoms with Crippen LogP contribution >= 0.6 is 11.8 Å². The molecule has 2 aromatic rings. The number of nitrogens with zero attached hydrogens (tertiary/aromatic N) is 1. The molecule has 2 aliphatic rings. The van der Waals surface area contributed by atoms with Crippen molar-refractivity contribution in [1.29, 1.82) is 0 Å². The molecule has 0 unspecified atom stereocenters. The number of carbonyl (C=O) groups is 1. The Morgan fingerprint density at radius 1 is 1.22 bits per heavy atom. The largest absolute Gasteiger partial charge is 0.490 e. The molecule has 1 fully saturated rings. The van der Waals surface area contributed by atoms with Crippen molar-refractivity contribution >= 4 is 23.5 Å². The Hall–Kier alpha value is -2.41. The second-order valence-corrected chi connectivity index (χ2v) is 8.01. The number of hydrogen-bond acceptors (Lipinski definition) is 4. The molecule has 7 heteroatoms. The van der Waals surface area contributed by atoms with Gasteiger partial charge in [-0.25, -0.2) is 0 Å². The number of rotatable bonds is 5. The highest BCUT2D eigenvalue weighted by Crippen LogP contribution is 2.42. The van der Waals surface area contributed by atoms with E-state index in [1.165, 1.54) is 11.8 Å². The van der Waals surface area contributed by atoms with E-state index in [0.29, 0.717) is 23.7 Å². The van der Waals surface area contributed by atoms with Crippen molar-refractivity contribution in [2.24, 2.45) is 0 Å². The Bertz CT molecular complexity index is 894. The van der Waals surface area contributed by atoms with E-state index in [0.717, 1.165) is 37.0 Å². The van der Waals surface area contributed by atoms with E-state index in [-0.39, 0.29) is 22.8 Å². The average Bonchev–Trinajstić information content (AvgIpc) is 3.26. The molecule has 0 saturated heterocycles. The second-order valence-electron chi connectivity index (χ2n) is 6.92. The maximum Gasteiger partial charge on any atom is 0.270 e. The van der Waals surface area contributed by atoms with Crippen LogP contribution in [-0.2, 0) is 4.79 Å². The van der Waals surface area contributed by atoms with Crippen LogP contribution in [0.5, 0.6) is 5.75 Å². The minimum Gasteiger partial charge on any atom is -0.490 e. The Labute approximate surface area is 162 Å². The van der Waals surface area contributed by atoms with Crippen molar-refractivity contribution in [2.75, 3.05) is 17.7 Å². The molecule has 1 aliphatic carbocycles. The first-order chi connectivity index (χ1) is 13.2. The minimum absolute atomic E-state index is 0.0690. The monoisotopic (exact) mass is 385 g/mol. The number of anilines is 1. The van der Waals surface area contributed by atoms with E-state index in [1.807, 2.05) is 28.9 Å². The molecule has 1 amide bonds. The van der Waals surface area contributed by atoms with Crippen LogP contribution in [-0.4, -0.2) is 28.0 Å². The molecule has 4 rings (SSSR count). The summed E-state index contributed by atoms with van der Waals surface area (Å²) in [5.74, 6) is 1.64. The molecule has 2 N–H and O–H groups in total. The summed E-state index contributed by atoms with van der Waals surface area (Å²) in [6, 6.07) is 7.95. The van der Waals surface area contributed by atoms with Crippen molar-refractivity contribution in [3.8, 4) is 5.75 Å². The summed E-state index contributed by atoms with van der Waals surface area (Å²) in [7, 11) is 0. The van der Waals surface area contributed by atoms with Crippen LogP contribution in [0.4, 0.5) is 5.82 Å². The van der Waals surface area contributed by atoms with E-state index < -0.39 is 0 Å². The van der Waals surface area contributed by atoms with Crippen LogP contribution in [0.3, 0.4) is 0 Å². The molecule has 0 radical (unpaired) electrons. The van der Waals surface area contributed by atoms with Crippen LogP contribution < -0.4 is 15.6 Å². The third-order valence-corrected chi connectivity index (χ3v) is 6.37. The summed E-state index contributed by atoms with van der Waals surface area (Å²) in [6.07, 6.45) is 6.06. The summed E-state index contributed by atoms with van der Waals surface area (Å²) < 4.78 is 7.43. The fourth-order valence-corrected chi connectivity index (χ4v) is 4.96. The maximum atomic E-state index is 12.8. The number of aromatic amines is 1. The van der Waals surface area contributed by atoms with Gasteiger partial charge in [0.15, 0.2) is 0 Å². The highest BCUT2D eigenvalue weighted by atomic mass is 32.2. The lowest BCUT2D eigenvalue weighted by molar-refractivity contribution is -0.113. The van der Waals surface area contributed by atoms with Gasteiger partial charge in [0.2, 0.25) is 5.91 Å². The second kappa shape index (κ2) is 7.68. The average molecular weight is 385 g/mol. The number of amides is 1.